The Morgan fingerprint density at radius 1 is 0.583 bits per heavy atom. The number of hydrogen-bond donors (Lipinski definition) is 0. The first-order chi connectivity index (χ1) is 17.3. The summed E-state index contributed by atoms with van der Waals surface area (Å²) in [4.78, 5) is 28.0. The van der Waals surface area contributed by atoms with E-state index in [0.717, 1.165) is 4.90 Å². The maximum atomic E-state index is 12.7. The Balaban J connectivity index is 1.45. The Morgan fingerprint density at radius 2 is 1.03 bits per heavy atom. The molecule has 0 aliphatic carbocycles. The maximum Gasteiger partial charge on any atom is 0.514 e. The van der Waals surface area contributed by atoms with Crippen molar-refractivity contribution < 1.29 is 23.8 Å². The topological polar surface area (TPSA) is 61.8 Å². The van der Waals surface area contributed by atoms with E-state index in [-0.39, 0.29) is 10.9 Å². The summed E-state index contributed by atoms with van der Waals surface area (Å²) in [6, 6.07) is 34.3. The Hall–Kier alpha value is -4.03. The SMILES string of the molecule is CC(C)(C)OC(=O)Oc1ccc(OC(=O)c2ccc([S+](c3ccccc3)c3ccccc3)cc2)cc1. The van der Waals surface area contributed by atoms with Crippen LogP contribution in [0.1, 0.15) is 31.1 Å². The van der Waals surface area contributed by atoms with E-state index in [2.05, 4.69) is 24.3 Å². The quantitative estimate of drug-likeness (QED) is 0.120. The van der Waals surface area contributed by atoms with Crippen LogP contribution in [0.4, 0.5) is 4.79 Å². The molecule has 0 aliphatic rings. The lowest BCUT2D eigenvalue weighted by Gasteiger charge is -2.18. The molecule has 4 aromatic rings. The second-order valence-electron chi connectivity index (χ2n) is 8.88. The summed E-state index contributed by atoms with van der Waals surface area (Å²) >= 11 is 0. The summed E-state index contributed by atoms with van der Waals surface area (Å²) in [5, 5.41) is 0. The Kier molecular flexibility index (Phi) is 7.76. The summed E-state index contributed by atoms with van der Waals surface area (Å²) in [6.07, 6.45) is -0.794. The van der Waals surface area contributed by atoms with Crippen molar-refractivity contribution in [3.63, 3.8) is 0 Å². The first-order valence-electron chi connectivity index (χ1n) is 11.5. The molecule has 0 bridgehead atoms. The first-order valence-corrected chi connectivity index (χ1v) is 12.7. The van der Waals surface area contributed by atoms with Crippen molar-refractivity contribution in [2.24, 2.45) is 0 Å². The molecule has 0 fully saturated rings. The third-order valence-corrected chi connectivity index (χ3v) is 7.14. The minimum atomic E-state index is -0.794. The van der Waals surface area contributed by atoms with Crippen molar-refractivity contribution in [2.45, 2.75) is 41.1 Å². The molecule has 0 saturated heterocycles. The lowest BCUT2D eigenvalue weighted by Crippen LogP contribution is -2.25. The van der Waals surface area contributed by atoms with E-state index in [4.69, 9.17) is 14.2 Å². The number of hydrogen-bond acceptors (Lipinski definition) is 5. The molecule has 4 rings (SSSR count). The molecule has 36 heavy (non-hydrogen) atoms. The number of esters is 1. The molecule has 182 valence electrons. The highest BCUT2D eigenvalue weighted by molar-refractivity contribution is 7.97. The monoisotopic (exact) mass is 499 g/mol. The van der Waals surface area contributed by atoms with Crippen LogP contribution in [0.5, 0.6) is 11.5 Å². The van der Waals surface area contributed by atoms with Crippen molar-refractivity contribution >= 4 is 23.0 Å². The van der Waals surface area contributed by atoms with Gasteiger partial charge in [0.05, 0.1) is 16.5 Å². The van der Waals surface area contributed by atoms with Crippen molar-refractivity contribution in [1.82, 2.24) is 0 Å². The van der Waals surface area contributed by atoms with Gasteiger partial charge in [-0.25, -0.2) is 9.59 Å². The van der Waals surface area contributed by atoms with Gasteiger partial charge >= 0.3 is 12.1 Å². The van der Waals surface area contributed by atoms with Gasteiger partial charge in [0.1, 0.15) is 17.1 Å². The standard InChI is InChI=1S/C30H27O5S/c1-30(2,3)35-29(32)34-24-18-16-23(17-19-24)33-28(31)22-14-20-27(21-15-22)36(25-10-6-4-7-11-25)26-12-8-5-9-13-26/h4-21H,1-3H3/q+1. The molecule has 4 aromatic carbocycles. The summed E-state index contributed by atoms with van der Waals surface area (Å²) in [7, 11) is -0.292. The van der Waals surface area contributed by atoms with Crippen molar-refractivity contribution in [3.8, 4) is 11.5 Å². The predicted molar refractivity (Wildman–Crippen MR) is 140 cm³/mol. The molecule has 0 aromatic heterocycles. The number of carbonyl (C=O) groups is 2. The Morgan fingerprint density at radius 3 is 1.50 bits per heavy atom. The lowest BCUT2D eigenvalue weighted by molar-refractivity contribution is 0.0205. The van der Waals surface area contributed by atoms with Gasteiger partial charge in [0, 0.05) is 0 Å². The molecular weight excluding hydrogens is 472 g/mol. The Labute approximate surface area is 214 Å². The largest absolute Gasteiger partial charge is 0.514 e. The molecule has 0 heterocycles. The third-order valence-electron chi connectivity index (χ3n) is 4.91. The highest BCUT2D eigenvalue weighted by Gasteiger charge is 2.28. The van der Waals surface area contributed by atoms with Gasteiger partial charge in [-0.15, -0.1) is 0 Å². The molecule has 0 saturated carbocycles. The van der Waals surface area contributed by atoms with E-state index in [9.17, 15) is 9.59 Å². The molecule has 5 nitrogen and oxygen atoms in total. The minimum Gasteiger partial charge on any atom is -0.428 e. The van der Waals surface area contributed by atoms with Gasteiger partial charge in [-0.1, -0.05) is 36.4 Å². The molecule has 0 radical (unpaired) electrons. The van der Waals surface area contributed by atoms with Gasteiger partial charge in [-0.3, -0.25) is 0 Å². The van der Waals surface area contributed by atoms with Crippen molar-refractivity contribution in [3.05, 3.63) is 115 Å². The zero-order chi connectivity index (χ0) is 25.5. The van der Waals surface area contributed by atoms with E-state index < -0.39 is 17.7 Å². The fourth-order valence-electron chi connectivity index (χ4n) is 3.36. The van der Waals surface area contributed by atoms with Crippen LogP contribution in [0.25, 0.3) is 0 Å². The van der Waals surface area contributed by atoms with Crippen molar-refractivity contribution in [1.29, 1.82) is 0 Å². The number of rotatable bonds is 6. The summed E-state index contributed by atoms with van der Waals surface area (Å²) in [5.41, 5.74) is -0.206. The van der Waals surface area contributed by atoms with Crippen LogP contribution in [0.15, 0.2) is 124 Å². The Bertz CT molecular complexity index is 1260. The highest BCUT2D eigenvalue weighted by atomic mass is 32.2. The fourth-order valence-corrected chi connectivity index (χ4v) is 5.44. The van der Waals surface area contributed by atoms with Crippen molar-refractivity contribution in [2.75, 3.05) is 0 Å². The number of carbonyl (C=O) groups excluding carboxylic acids is 2. The third kappa shape index (κ3) is 6.77. The fraction of sp³-hybridized carbons (Fsp3) is 0.133. The maximum absolute atomic E-state index is 12.7. The molecule has 0 spiro atoms. The van der Waals surface area contributed by atoms with Crippen LogP contribution in [0, 0.1) is 0 Å². The molecule has 0 atom stereocenters. The molecule has 0 amide bonds. The molecule has 0 unspecified atom stereocenters. The average molecular weight is 500 g/mol. The average Bonchev–Trinajstić information content (AvgIpc) is 2.86. The van der Waals surface area contributed by atoms with E-state index in [1.165, 1.54) is 9.79 Å². The van der Waals surface area contributed by atoms with Gasteiger partial charge in [-0.2, -0.15) is 0 Å². The number of benzene rings is 4. The van der Waals surface area contributed by atoms with Gasteiger partial charge in [-0.05, 0) is 93.6 Å². The van der Waals surface area contributed by atoms with Gasteiger partial charge in [0.15, 0.2) is 14.7 Å². The second-order valence-corrected chi connectivity index (χ2v) is 10.9. The van der Waals surface area contributed by atoms with Crippen LogP contribution in [0.3, 0.4) is 0 Å². The summed E-state index contributed by atoms with van der Waals surface area (Å²) in [5.74, 6) is 0.165. The smallest absolute Gasteiger partial charge is 0.428 e. The minimum absolute atomic E-state index is 0.292. The normalized spacial score (nSPS) is 11.1. The van der Waals surface area contributed by atoms with Crippen LogP contribution in [0.2, 0.25) is 0 Å². The zero-order valence-electron chi connectivity index (χ0n) is 20.3. The molecular formula is C30H27O5S+. The van der Waals surface area contributed by atoms with E-state index in [0.29, 0.717) is 17.1 Å². The van der Waals surface area contributed by atoms with Crippen LogP contribution in [-0.4, -0.2) is 17.7 Å². The first kappa shape index (κ1) is 25.1. The van der Waals surface area contributed by atoms with E-state index in [1.54, 1.807) is 57.2 Å². The lowest BCUT2D eigenvalue weighted by atomic mass is 10.2. The molecule has 0 N–H and O–H groups in total. The summed E-state index contributed by atoms with van der Waals surface area (Å²) in [6.45, 7) is 5.27. The molecule has 6 heteroatoms. The highest BCUT2D eigenvalue weighted by Crippen LogP contribution is 2.31. The van der Waals surface area contributed by atoms with Gasteiger partial charge in [0.2, 0.25) is 0 Å². The van der Waals surface area contributed by atoms with Gasteiger partial charge < -0.3 is 14.2 Å². The van der Waals surface area contributed by atoms with Crippen LogP contribution < -0.4 is 9.47 Å². The molecule has 0 aliphatic heterocycles. The summed E-state index contributed by atoms with van der Waals surface area (Å²) < 4.78 is 15.8. The predicted octanol–water partition coefficient (Wildman–Crippen LogP) is 7.32. The van der Waals surface area contributed by atoms with E-state index >= 15 is 0 Å². The second kappa shape index (κ2) is 11.1. The van der Waals surface area contributed by atoms with Gasteiger partial charge in [0.25, 0.3) is 0 Å². The number of ether oxygens (including phenoxy) is 3. The van der Waals surface area contributed by atoms with Crippen LogP contribution in [-0.2, 0) is 15.6 Å². The zero-order valence-corrected chi connectivity index (χ0v) is 21.2. The van der Waals surface area contributed by atoms with E-state index in [1.807, 2.05) is 48.5 Å². The van der Waals surface area contributed by atoms with Crippen LogP contribution >= 0.6 is 0 Å².